The van der Waals surface area contributed by atoms with Crippen LogP contribution < -0.4 is 10.1 Å². The Bertz CT molecular complexity index is 673. The van der Waals surface area contributed by atoms with Crippen molar-refractivity contribution < 1.29 is 9.66 Å². The molecule has 2 rings (SSSR count). The van der Waals surface area contributed by atoms with Crippen LogP contribution in [0.25, 0.3) is 0 Å². The molecule has 2 aromatic rings. The van der Waals surface area contributed by atoms with Crippen LogP contribution in [0.1, 0.15) is 18.1 Å². The van der Waals surface area contributed by atoms with E-state index in [4.69, 9.17) is 4.74 Å². The number of hydrogen-bond acceptors (Lipinski definition) is 6. The Morgan fingerprint density at radius 3 is 2.76 bits per heavy atom. The highest BCUT2D eigenvalue weighted by Crippen LogP contribution is 2.35. The number of nitrogens with one attached hydrogen (secondary N) is 1. The summed E-state index contributed by atoms with van der Waals surface area (Å²) in [5.74, 6) is 0.958. The van der Waals surface area contributed by atoms with Crippen LogP contribution in [0.4, 0.5) is 11.5 Å². The second kappa shape index (κ2) is 6.17. The lowest BCUT2D eigenvalue weighted by molar-refractivity contribution is -0.385. The lowest BCUT2D eigenvalue weighted by atomic mass is 10.1. The molecule has 0 amide bonds. The summed E-state index contributed by atoms with van der Waals surface area (Å²) in [6.45, 7) is 6.19. The van der Waals surface area contributed by atoms with Gasteiger partial charge in [0.25, 0.3) is 0 Å². The molecule has 0 aliphatic rings. The Morgan fingerprint density at radius 1 is 1.33 bits per heavy atom. The quantitative estimate of drug-likeness (QED) is 0.671. The molecule has 7 nitrogen and oxygen atoms in total. The molecule has 1 heterocycles. The van der Waals surface area contributed by atoms with Crippen LogP contribution in [0.15, 0.2) is 24.5 Å². The van der Waals surface area contributed by atoms with E-state index in [0.29, 0.717) is 17.9 Å². The molecule has 0 aliphatic carbocycles. The van der Waals surface area contributed by atoms with Gasteiger partial charge in [0, 0.05) is 12.6 Å². The maximum absolute atomic E-state index is 11.2. The molecule has 0 spiro atoms. The number of aryl methyl sites for hydroxylation is 2. The third kappa shape index (κ3) is 3.44. The zero-order chi connectivity index (χ0) is 15.4. The fourth-order valence-electron chi connectivity index (χ4n) is 1.97. The first kappa shape index (κ1) is 14.7. The lowest BCUT2D eigenvalue weighted by Gasteiger charge is -2.10. The zero-order valence-corrected chi connectivity index (χ0v) is 12.1. The van der Waals surface area contributed by atoms with Gasteiger partial charge in [0.15, 0.2) is 0 Å². The van der Waals surface area contributed by atoms with E-state index in [0.717, 1.165) is 5.56 Å². The van der Waals surface area contributed by atoms with E-state index in [-0.39, 0.29) is 17.3 Å². The minimum Gasteiger partial charge on any atom is -0.430 e. The number of nitrogens with zero attached hydrogens (tertiary/aromatic N) is 3. The van der Waals surface area contributed by atoms with Gasteiger partial charge in [-0.2, -0.15) is 4.98 Å². The maximum Gasteiger partial charge on any atom is 0.312 e. The molecule has 7 heteroatoms. The Kier molecular flexibility index (Phi) is 4.32. The van der Waals surface area contributed by atoms with Gasteiger partial charge in [-0.05, 0) is 31.9 Å². The van der Waals surface area contributed by atoms with Gasteiger partial charge < -0.3 is 10.1 Å². The van der Waals surface area contributed by atoms with Crippen molar-refractivity contribution in [1.82, 2.24) is 9.97 Å². The molecular formula is C14H16N4O3. The number of anilines is 1. The maximum atomic E-state index is 11.2. The van der Waals surface area contributed by atoms with Gasteiger partial charge in [-0.3, -0.25) is 15.1 Å². The predicted octanol–water partition coefficient (Wildman–Crippen LogP) is 3.23. The van der Waals surface area contributed by atoms with Gasteiger partial charge in [0.2, 0.25) is 11.6 Å². The van der Waals surface area contributed by atoms with Crippen molar-refractivity contribution in [3.63, 3.8) is 0 Å². The normalized spacial score (nSPS) is 10.2. The fourth-order valence-corrected chi connectivity index (χ4v) is 1.97. The lowest BCUT2D eigenvalue weighted by Crippen LogP contribution is -2.02. The minimum absolute atomic E-state index is 0.0804. The first-order chi connectivity index (χ1) is 10.0. The first-order valence-electron chi connectivity index (χ1n) is 6.50. The van der Waals surface area contributed by atoms with Crippen LogP contribution in [-0.2, 0) is 0 Å². The number of nitro groups is 1. The van der Waals surface area contributed by atoms with Crippen LogP contribution >= 0.6 is 0 Å². The van der Waals surface area contributed by atoms with E-state index < -0.39 is 4.92 Å². The molecule has 0 saturated carbocycles. The Labute approximate surface area is 122 Å². The van der Waals surface area contributed by atoms with Crippen LogP contribution in [-0.4, -0.2) is 21.4 Å². The Morgan fingerprint density at radius 2 is 2.10 bits per heavy atom. The molecule has 1 aromatic carbocycles. The largest absolute Gasteiger partial charge is 0.430 e. The summed E-state index contributed by atoms with van der Waals surface area (Å²) in [5, 5.41) is 14.2. The van der Waals surface area contributed by atoms with Gasteiger partial charge in [0.05, 0.1) is 17.3 Å². The van der Waals surface area contributed by atoms with Crippen molar-refractivity contribution in [2.45, 2.75) is 20.8 Å². The molecule has 21 heavy (non-hydrogen) atoms. The SMILES string of the molecule is CCNc1cncc(Oc2c(C)cc(C)cc2[N+](=O)[O-])n1. The number of hydrogen-bond donors (Lipinski definition) is 1. The average Bonchev–Trinajstić information content (AvgIpc) is 2.42. The van der Waals surface area contributed by atoms with Crippen LogP contribution in [0, 0.1) is 24.0 Å². The fraction of sp³-hybridized carbons (Fsp3) is 0.286. The van der Waals surface area contributed by atoms with Gasteiger partial charge in [-0.1, -0.05) is 6.07 Å². The van der Waals surface area contributed by atoms with E-state index in [9.17, 15) is 10.1 Å². The van der Waals surface area contributed by atoms with Gasteiger partial charge >= 0.3 is 5.69 Å². The molecule has 0 unspecified atom stereocenters. The van der Waals surface area contributed by atoms with E-state index in [1.165, 1.54) is 12.3 Å². The summed E-state index contributed by atoms with van der Waals surface area (Å²) >= 11 is 0. The molecular weight excluding hydrogens is 272 g/mol. The topological polar surface area (TPSA) is 90.2 Å². The van der Waals surface area contributed by atoms with Gasteiger partial charge in [-0.25, -0.2) is 0 Å². The van der Waals surface area contributed by atoms with Crippen molar-refractivity contribution in [2.75, 3.05) is 11.9 Å². The highest BCUT2D eigenvalue weighted by atomic mass is 16.6. The Hall–Kier alpha value is -2.70. The molecule has 0 saturated heterocycles. The molecule has 110 valence electrons. The van der Waals surface area contributed by atoms with Crippen molar-refractivity contribution in [2.24, 2.45) is 0 Å². The summed E-state index contributed by atoms with van der Waals surface area (Å²) in [7, 11) is 0. The van der Waals surface area contributed by atoms with Crippen LogP contribution in [0.5, 0.6) is 11.6 Å². The minimum atomic E-state index is -0.461. The second-order valence-electron chi connectivity index (χ2n) is 4.56. The van der Waals surface area contributed by atoms with Gasteiger partial charge in [-0.15, -0.1) is 0 Å². The van der Waals surface area contributed by atoms with Crippen molar-refractivity contribution in [3.05, 3.63) is 45.8 Å². The third-order valence-electron chi connectivity index (χ3n) is 2.77. The van der Waals surface area contributed by atoms with Crippen LogP contribution in [0.3, 0.4) is 0 Å². The molecule has 0 radical (unpaired) electrons. The second-order valence-corrected chi connectivity index (χ2v) is 4.56. The monoisotopic (exact) mass is 288 g/mol. The van der Waals surface area contributed by atoms with Gasteiger partial charge in [0.1, 0.15) is 5.82 Å². The third-order valence-corrected chi connectivity index (χ3v) is 2.77. The summed E-state index contributed by atoms with van der Waals surface area (Å²) in [5.41, 5.74) is 1.40. The smallest absolute Gasteiger partial charge is 0.312 e. The van der Waals surface area contributed by atoms with Crippen molar-refractivity contribution >= 4 is 11.5 Å². The summed E-state index contributed by atoms with van der Waals surface area (Å²) in [6.07, 6.45) is 2.98. The highest BCUT2D eigenvalue weighted by Gasteiger charge is 2.19. The summed E-state index contributed by atoms with van der Waals surface area (Å²) < 4.78 is 5.59. The number of benzene rings is 1. The molecule has 1 aromatic heterocycles. The average molecular weight is 288 g/mol. The molecule has 0 atom stereocenters. The van der Waals surface area contributed by atoms with E-state index in [1.807, 2.05) is 13.0 Å². The molecule has 1 N–H and O–H groups in total. The molecule has 0 bridgehead atoms. The number of aromatic nitrogens is 2. The molecule has 0 fully saturated rings. The van der Waals surface area contributed by atoms with E-state index >= 15 is 0 Å². The Balaban J connectivity index is 2.39. The van der Waals surface area contributed by atoms with E-state index in [2.05, 4.69) is 15.3 Å². The summed E-state index contributed by atoms with van der Waals surface area (Å²) in [4.78, 5) is 18.9. The number of ether oxygens (including phenoxy) is 1. The molecule has 0 aliphatic heterocycles. The standard InChI is InChI=1S/C14H16N4O3/c1-4-16-12-7-15-8-13(17-12)21-14-10(3)5-9(2)6-11(14)18(19)20/h5-8H,4H2,1-3H3,(H,16,17). The first-order valence-corrected chi connectivity index (χ1v) is 6.50. The zero-order valence-electron chi connectivity index (χ0n) is 12.1. The summed E-state index contributed by atoms with van der Waals surface area (Å²) in [6, 6.07) is 3.30. The van der Waals surface area contributed by atoms with Crippen molar-refractivity contribution in [3.8, 4) is 11.6 Å². The van der Waals surface area contributed by atoms with E-state index in [1.54, 1.807) is 20.0 Å². The highest BCUT2D eigenvalue weighted by molar-refractivity contribution is 5.54. The predicted molar refractivity (Wildman–Crippen MR) is 78.8 cm³/mol. The number of nitro benzene ring substituents is 1. The van der Waals surface area contributed by atoms with Crippen LogP contribution in [0.2, 0.25) is 0 Å². The number of rotatable bonds is 5. The van der Waals surface area contributed by atoms with Crippen molar-refractivity contribution in [1.29, 1.82) is 0 Å².